The van der Waals surface area contributed by atoms with Crippen molar-refractivity contribution in [1.29, 1.82) is 0 Å². The molecule has 7 N–H and O–H groups in total. The van der Waals surface area contributed by atoms with Crippen molar-refractivity contribution >= 4 is 11.8 Å². The van der Waals surface area contributed by atoms with Crippen LogP contribution in [-0.4, -0.2) is 82.1 Å². The van der Waals surface area contributed by atoms with E-state index in [0.717, 1.165) is 64.4 Å². The number of rotatable bonds is 19. The molecule has 0 aromatic rings. The van der Waals surface area contributed by atoms with Gasteiger partial charge in [-0.1, -0.05) is 0 Å². The predicted molar refractivity (Wildman–Crippen MR) is 103 cm³/mol. The Kier molecular flexibility index (Phi) is 26.9. The molecule has 1 atom stereocenters. The molecule has 0 saturated carbocycles. The van der Waals surface area contributed by atoms with Crippen LogP contribution in [0.2, 0.25) is 0 Å². The summed E-state index contributed by atoms with van der Waals surface area (Å²) in [4.78, 5) is 0. The summed E-state index contributed by atoms with van der Waals surface area (Å²) in [5.74, 6) is 1.09. The van der Waals surface area contributed by atoms with Crippen LogP contribution in [0.5, 0.6) is 0 Å². The summed E-state index contributed by atoms with van der Waals surface area (Å²) in [6.45, 7) is 8.27. The zero-order chi connectivity index (χ0) is 17.0. The third-order valence-electron chi connectivity index (χ3n) is 3.46. The Labute approximate surface area is 168 Å². The average molecular weight is 547 g/mol. The smallest absolute Gasteiger partial charge is 0.0788 e. The van der Waals surface area contributed by atoms with E-state index in [-0.39, 0.29) is 28.5 Å². The first kappa shape index (κ1) is 27.1. The molecule has 8 heteroatoms. The van der Waals surface area contributed by atoms with Gasteiger partial charge in [-0.3, -0.25) is 0 Å². The van der Waals surface area contributed by atoms with Crippen LogP contribution in [0.1, 0.15) is 25.7 Å². The van der Waals surface area contributed by atoms with E-state index < -0.39 is 0 Å². The van der Waals surface area contributed by atoms with Crippen molar-refractivity contribution in [1.82, 2.24) is 21.3 Å². The second-order valence-corrected chi connectivity index (χ2v) is 6.74. The molecule has 151 valence electrons. The second kappa shape index (κ2) is 23.9. The van der Waals surface area contributed by atoms with E-state index in [1.54, 1.807) is 0 Å². The SMILES string of the molecule is CSCCNCC(O)CNCCCNCCCCNCCCN.[Au]. The molecule has 0 aromatic carbocycles. The Morgan fingerprint density at radius 3 is 1.88 bits per heavy atom. The van der Waals surface area contributed by atoms with Crippen LogP contribution in [0.3, 0.4) is 0 Å². The van der Waals surface area contributed by atoms with Crippen molar-refractivity contribution in [3.8, 4) is 0 Å². The van der Waals surface area contributed by atoms with E-state index in [2.05, 4.69) is 27.5 Å². The summed E-state index contributed by atoms with van der Waals surface area (Å²) in [6.07, 6.45) is 6.38. The molecule has 6 nitrogen and oxygen atoms in total. The first-order valence-corrected chi connectivity index (χ1v) is 10.4. The largest absolute Gasteiger partial charge is 0.390 e. The van der Waals surface area contributed by atoms with Crippen LogP contribution in [0.25, 0.3) is 0 Å². The molecular formula is C16H39AuN5OS. The fraction of sp³-hybridized carbons (Fsp3) is 1.00. The molecule has 0 fully saturated rings. The molecule has 0 aliphatic carbocycles. The standard InChI is InChI=1S/C16H39N5OS.Au/c1-23-13-12-21-15-16(22)14-20-11-5-10-19-8-3-2-7-18-9-4-6-17;/h16,18-22H,2-15,17H2,1H3;. The molecular weight excluding hydrogens is 507 g/mol. The summed E-state index contributed by atoms with van der Waals surface area (Å²) >= 11 is 1.82. The number of nitrogens with two attached hydrogens (primary N) is 1. The zero-order valence-electron chi connectivity index (χ0n) is 15.2. The summed E-state index contributed by atoms with van der Waals surface area (Å²) in [7, 11) is 0. The predicted octanol–water partition coefficient (Wildman–Crippen LogP) is -0.415. The van der Waals surface area contributed by atoms with Gasteiger partial charge in [0.1, 0.15) is 0 Å². The molecule has 0 aromatic heterocycles. The Morgan fingerprint density at radius 1 is 0.792 bits per heavy atom. The van der Waals surface area contributed by atoms with Crippen molar-refractivity contribution < 1.29 is 27.5 Å². The van der Waals surface area contributed by atoms with Crippen LogP contribution in [0, 0.1) is 0 Å². The topological polar surface area (TPSA) is 94.4 Å². The minimum Gasteiger partial charge on any atom is -0.390 e. The number of hydrogen-bond donors (Lipinski definition) is 6. The molecule has 1 radical (unpaired) electrons. The molecule has 0 spiro atoms. The molecule has 0 amide bonds. The Hall–Kier alpha value is 0.850. The van der Waals surface area contributed by atoms with Crippen molar-refractivity contribution in [2.45, 2.75) is 31.8 Å². The second-order valence-electron chi connectivity index (χ2n) is 5.76. The number of unbranched alkanes of at least 4 members (excludes halogenated alkanes) is 1. The number of aliphatic hydroxyl groups is 1. The molecule has 1 unspecified atom stereocenters. The minimum atomic E-state index is -0.295. The van der Waals surface area contributed by atoms with Crippen LogP contribution in [0.15, 0.2) is 0 Å². The quantitative estimate of drug-likeness (QED) is 0.0969. The van der Waals surface area contributed by atoms with E-state index >= 15 is 0 Å². The van der Waals surface area contributed by atoms with Crippen LogP contribution in [0.4, 0.5) is 0 Å². The maximum atomic E-state index is 9.77. The fourth-order valence-electron chi connectivity index (χ4n) is 2.10. The van der Waals surface area contributed by atoms with Gasteiger partial charge in [0.15, 0.2) is 0 Å². The summed E-state index contributed by atoms with van der Waals surface area (Å²) in [5, 5.41) is 23.2. The van der Waals surface area contributed by atoms with Gasteiger partial charge in [-0.2, -0.15) is 11.8 Å². The maximum absolute atomic E-state index is 9.77. The van der Waals surface area contributed by atoms with E-state index in [0.29, 0.717) is 13.1 Å². The van der Waals surface area contributed by atoms with Crippen molar-refractivity contribution in [3.05, 3.63) is 0 Å². The first-order valence-electron chi connectivity index (χ1n) is 9.01. The van der Waals surface area contributed by atoms with Crippen molar-refractivity contribution in [3.63, 3.8) is 0 Å². The molecule has 0 bridgehead atoms. The van der Waals surface area contributed by atoms with Gasteiger partial charge in [0.25, 0.3) is 0 Å². The van der Waals surface area contributed by atoms with Gasteiger partial charge in [-0.05, 0) is 71.2 Å². The van der Waals surface area contributed by atoms with Crippen LogP contribution < -0.4 is 27.0 Å². The Balaban J connectivity index is 0. The molecule has 0 saturated heterocycles. The molecule has 24 heavy (non-hydrogen) atoms. The van der Waals surface area contributed by atoms with Crippen molar-refractivity contribution in [2.75, 3.05) is 70.9 Å². The van der Waals surface area contributed by atoms with Gasteiger partial charge in [0.2, 0.25) is 0 Å². The number of hydrogen-bond acceptors (Lipinski definition) is 7. The van der Waals surface area contributed by atoms with Gasteiger partial charge in [-0.25, -0.2) is 0 Å². The summed E-state index contributed by atoms with van der Waals surface area (Å²) in [6, 6.07) is 0. The fourth-order valence-corrected chi connectivity index (χ4v) is 2.45. The van der Waals surface area contributed by atoms with E-state index in [9.17, 15) is 5.11 Å². The third kappa shape index (κ3) is 22.9. The number of thioether (sulfide) groups is 1. The normalized spacial score (nSPS) is 12.1. The average Bonchev–Trinajstić information content (AvgIpc) is 2.56. The van der Waals surface area contributed by atoms with E-state index in [1.807, 2.05) is 11.8 Å². The van der Waals surface area contributed by atoms with Crippen LogP contribution >= 0.6 is 11.8 Å². The molecule has 0 aliphatic rings. The molecule has 0 rings (SSSR count). The molecule has 0 aliphatic heterocycles. The third-order valence-corrected chi connectivity index (χ3v) is 4.08. The monoisotopic (exact) mass is 546 g/mol. The maximum Gasteiger partial charge on any atom is 0.0788 e. The summed E-state index contributed by atoms with van der Waals surface area (Å²) in [5.41, 5.74) is 5.43. The van der Waals surface area contributed by atoms with E-state index in [4.69, 9.17) is 5.73 Å². The van der Waals surface area contributed by atoms with Crippen LogP contribution in [-0.2, 0) is 22.4 Å². The van der Waals surface area contributed by atoms with Crippen molar-refractivity contribution in [2.24, 2.45) is 5.73 Å². The summed E-state index contributed by atoms with van der Waals surface area (Å²) < 4.78 is 0. The number of nitrogens with one attached hydrogen (secondary N) is 4. The van der Waals surface area contributed by atoms with Gasteiger partial charge in [0.05, 0.1) is 6.10 Å². The van der Waals surface area contributed by atoms with Gasteiger partial charge in [-0.15, -0.1) is 0 Å². The zero-order valence-corrected chi connectivity index (χ0v) is 18.2. The number of aliphatic hydroxyl groups excluding tert-OH is 1. The van der Waals surface area contributed by atoms with E-state index in [1.165, 1.54) is 12.8 Å². The minimum absolute atomic E-state index is 0. The Morgan fingerprint density at radius 2 is 1.29 bits per heavy atom. The van der Waals surface area contributed by atoms with Gasteiger partial charge >= 0.3 is 0 Å². The van der Waals surface area contributed by atoms with Gasteiger partial charge in [0, 0.05) is 47.8 Å². The first-order chi connectivity index (χ1) is 11.3. The molecule has 0 heterocycles. The van der Waals surface area contributed by atoms with Gasteiger partial charge < -0.3 is 32.1 Å². The Bertz CT molecular complexity index is 231.